The molecule has 0 unspecified atom stereocenters. The van der Waals surface area contributed by atoms with Crippen molar-refractivity contribution in [1.82, 2.24) is 0 Å². The molecule has 0 aliphatic rings. The van der Waals surface area contributed by atoms with Gasteiger partial charge in [-0.2, -0.15) is 0 Å². The predicted octanol–water partition coefficient (Wildman–Crippen LogP) is 3.32. The molecule has 0 spiro atoms. The van der Waals surface area contributed by atoms with E-state index in [1.807, 2.05) is 18.2 Å². The molecule has 0 atom stereocenters. The molecule has 0 saturated heterocycles. The molecule has 0 bridgehead atoms. The highest BCUT2D eigenvalue weighted by atomic mass is 16.5. The Morgan fingerprint density at radius 1 is 1.29 bits per heavy atom. The second kappa shape index (κ2) is 6.94. The highest BCUT2D eigenvalue weighted by molar-refractivity contribution is 5.95. The van der Waals surface area contributed by atoms with E-state index in [1.165, 1.54) is 7.11 Å². The second-order valence-corrected chi connectivity index (χ2v) is 4.10. The van der Waals surface area contributed by atoms with Gasteiger partial charge in [-0.3, -0.25) is 0 Å². The van der Waals surface area contributed by atoms with E-state index in [-0.39, 0.29) is 5.97 Å². The quantitative estimate of drug-likeness (QED) is 0.769. The summed E-state index contributed by atoms with van der Waals surface area (Å²) in [7, 11) is 1.40. The van der Waals surface area contributed by atoms with Crippen molar-refractivity contribution in [2.45, 2.75) is 26.7 Å². The number of carbonyl (C=O) groups is 1. The van der Waals surface area contributed by atoms with E-state index in [4.69, 9.17) is 4.74 Å². The number of benzene rings is 1. The van der Waals surface area contributed by atoms with Crippen LogP contribution < -0.4 is 5.32 Å². The lowest BCUT2D eigenvalue weighted by atomic mass is 10.0. The Morgan fingerprint density at radius 3 is 2.53 bits per heavy atom. The van der Waals surface area contributed by atoms with Gasteiger partial charge in [-0.25, -0.2) is 4.79 Å². The molecule has 3 nitrogen and oxygen atoms in total. The van der Waals surface area contributed by atoms with E-state index in [0.29, 0.717) is 11.5 Å². The van der Waals surface area contributed by atoms with Crippen LogP contribution >= 0.6 is 0 Å². The Kier molecular flexibility index (Phi) is 5.53. The Morgan fingerprint density at radius 2 is 1.94 bits per heavy atom. The van der Waals surface area contributed by atoms with Crippen LogP contribution in [0, 0.1) is 5.92 Å². The number of carbonyl (C=O) groups excluding carboxylic acids is 1. The average Bonchev–Trinajstić information content (AvgIpc) is 2.39. The maximum atomic E-state index is 11.6. The van der Waals surface area contributed by atoms with Crippen LogP contribution in [0.25, 0.3) is 0 Å². The standard InChI is InChI=1S/C14H21NO2/c1-4-11(5-2)10-15-13-9-7-6-8-12(13)14(16)17-3/h6-9,11,15H,4-5,10H2,1-3H3. The molecule has 0 heterocycles. The summed E-state index contributed by atoms with van der Waals surface area (Å²) in [5, 5.41) is 3.33. The molecule has 1 rings (SSSR count). The molecular weight excluding hydrogens is 214 g/mol. The predicted molar refractivity (Wildman–Crippen MR) is 70.3 cm³/mol. The summed E-state index contributed by atoms with van der Waals surface area (Å²) in [6.07, 6.45) is 2.29. The summed E-state index contributed by atoms with van der Waals surface area (Å²) in [6.45, 7) is 5.26. The topological polar surface area (TPSA) is 38.3 Å². The summed E-state index contributed by atoms with van der Waals surface area (Å²) < 4.78 is 4.76. The van der Waals surface area contributed by atoms with Gasteiger partial charge in [-0.05, 0) is 18.1 Å². The van der Waals surface area contributed by atoms with Crippen LogP contribution in [0.15, 0.2) is 24.3 Å². The van der Waals surface area contributed by atoms with Gasteiger partial charge in [0.2, 0.25) is 0 Å². The van der Waals surface area contributed by atoms with E-state index < -0.39 is 0 Å². The molecule has 0 amide bonds. The zero-order valence-electron chi connectivity index (χ0n) is 10.8. The van der Waals surface area contributed by atoms with Crippen molar-refractivity contribution in [2.24, 2.45) is 5.92 Å². The number of hydrogen-bond donors (Lipinski definition) is 1. The first kappa shape index (κ1) is 13.6. The molecule has 0 fully saturated rings. The molecule has 94 valence electrons. The van der Waals surface area contributed by atoms with Crippen LogP contribution in [0.4, 0.5) is 5.69 Å². The first-order valence-electron chi connectivity index (χ1n) is 6.14. The third kappa shape index (κ3) is 3.77. The molecule has 1 aromatic rings. The fourth-order valence-corrected chi connectivity index (χ4v) is 1.76. The minimum Gasteiger partial charge on any atom is -0.465 e. The number of rotatable bonds is 6. The summed E-state index contributed by atoms with van der Waals surface area (Å²) in [6, 6.07) is 7.45. The van der Waals surface area contributed by atoms with Gasteiger partial charge in [0, 0.05) is 12.2 Å². The summed E-state index contributed by atoms with van der Waals surface area (Å²) >= 11 is 0. The Labute approximate surface area is 103 Å². The van der Waals surface area contributed by atoms with Crippen molar-refractivity contribution in [3.63, 3.8) is 0 Å². The largest absolute Gasteiger partial charge is 0.465 e. The number of para-hydroxylation sites is 1. The van der Waals surface area contributed by atoms with Crippen LogP contribution in [0.1, 0.15) is 37.0 Å². The Bertz CT molecular complexity index is 359. The van der Waals surface area contributed by atoms with Crippen LogP contribution in [-0.2, 0) is 4.74 Å². The van der Waals surface area contributed by atoms with Gasteiger partial charge in [0.05, 0.1) is 12.7 Å². The molecular formula is C14H21NO2. The van der Waals surface area contributed by atoms with Gasteiger partial charge in [0.15, 0.2) is 0 Å². The summed E-state index contributed by atoms with van der Waals surface area (Å²) in [4.78, 5) is 11.6. The first-order chi connectivity index (χ1) is 8.22. The Balaban J connectivity index is 2.73. The van der Waals surface area contributed by atoms with E-state index in [1.54, 1.807) is 6.07 Å². The van der Waals surface area contributed by atoms with Crippen LogP contribution in [0.3, 0.4) is 0 Å². The smallest absolute Gasteiger partial charge is 0.339 e. The lowest BCUT2D eigenvalue weighted by molar-refractivity contribution is 0.0602. The lowest BCUT2D eigenvalue weighted by Gasteiger charge is -2.16. The molecule has 3 heteroatoms. The van der Waals surface area contributed by atoms with E-state index >= 15 is 0 Å². The minimum absolute atomic E-state index is 0.294. The molecule has 1 N–H and O–H groups in total. The average molecular weight is 235 g/mol. The van der Waals surface area contributed by atoms with Gasteiger partial charge >= 0.3 is 5.97 Å². The number of esters is 1. The molecule has 17 heavy (non-hydrogen) atoms. The summed E-state index contributed by atoms with van der Waals surface area (Å²) in [5.74, 6) is 0.346. The van der Waals surface area contributed by atoms with Crippen molar-refractivity contribution in [1.29, 1.82) is 0 Å². The fourth-order valence-electron chi connectivity index (χ4n) is 1.76. The lowest BCUT2D eigenvalue weighted by Crippen LogP contribution is -2.15. The highest BCUT2D eigenvalue weighted by Gasteiger charge is 2.11. The number of nitrogens with one attached hydrogen (secondary N) is 1. The highest BCUT2D eigenvalue weighted by Crippen LogP contribution is 2.17. The van der Waals surface area contributed by atoms with Crippen LogP contribution in [0.5, 0.6) is 0 Å². The minimum atomic E-state index is -0.294. The number of anilines is 1. The van der Waals surface area contributed by atoms with E-state index in [2.05, 4.69) is 19.2 Å². The van der Waals surface area contributed by atoms with Gasteiger partial charge in [0.25, 0.3) is 0 Å². The van der Waals surface area contributed by atoms with Gasteiger partial charge < -0.3 is 10.1 Å². The third-order valence-corrected chi connectivity index (χ3v) is 3.07. The van der Waals surface area contributed by atoms with Crippen LogP contribution in [-0.4, -0.2) is 19.6 Å². The molecule has 1 aromatic carbocycles. The van der Waals surface area contributed by atoms with Crippen molar-refractivity contribution in [3.8, 4) is 0 Å². The van der Waals surface area contributed by atoms with E-state index in [9.17, 15) is 4.79 Å². The fraction of sp³-hybridized carbons (Fsp3) is 0.500. The Hall–Kier alpha value is -1.51. The number of hydrogen-bond acceptors (Lipinski definition) is 3. The first-order valence-corrected chi connectivity index (χ1v) is 6.14. The monoisotopic (exact) mass is 235 g/mol. The van der Waals surface area contributed by atoms with Crippen LogP contribution in [0.2, 0.25) is 0 Å². The maximum absolute atomic E-state index is 11.6. The molecule has 0 aromatic heterocycles. The normalized spacial score (nSPS) is 10.4. The van der Waals surface area contributed by atoms with Crippen molar-refractivity contribution in [2.75, 3.05) is 19.0 Å². The molecule has 0 aliphatic carbocycles. The third-order valence-electron chi connectivity index (χ3n) is 3.07. The van der Waals surface area contributed by atoms with Crippen molar-refractivity contribution < 1.29 is 9.53 Å². The zero-order chi connectivity index (χ0) is 12.7. The van der Waals surface area contributed by atoms with Gasteiger partial charge in [-0.1, -0.05) is 38.8 Å². The number of ether oxygens (including phenoxy) is 1. The second-order valence-electron chi connectivity index (χ2n) is 4.10. The SMILES string of the molecule is CCC(CC)CNc1ccccc1C(=O)OC. The zero-order valence-corrected chi connectivity index (χ0v) is 10.8. The van der Waals surface area contributed by atoms with Crippen molar-refractivity contribution >= 4 is 11.7 Å². The molecule has 0 saturated carbocycles. The molecule has 0 aliphatic heterocycles. The maximum Gasteiger partial charge on any atom is 0.339 e. The number of methoxy groups -OCH3 is 1. The van der Waals surface area contributed by atoms with Crippen molar-refractivity contribution in [3.05, 3.63) is 29.8 Å². The summed E-state index contributed by atoms with van der Waals surface area (Å²) in [5.41, 5.74) is 1.45. The van der Waals surface area contributed by atoms with Gasteiger partial charge in [0.1, 0.15) is 0 Å². The van der Waals surface area contributed by atoms with Gasteiger partial charge in [-0.15, -0.1) is 0 Å². The van der Waals surface area contributed by atoms with E-state index in [0.717, 1.165) is 25.1 Å². The molecule has 0 radical (unpaired) electrons.